The van der Waals surface area contributed by atoms with Gasteiger partial charge in [0.1, 0.15) is 0 Å². The second-order valence-electron chi connectivity index (χ2n) is 2.39. The SMILES string of the molecule is CNC(=S)NCCc1ccsc1. The highest BCUT2D eigenvalue weighted by Gasteiger charge is 1.93. The van der Waals surface area contributed by atoms with Crippen LogP contribution in [0.3, 0.4) is 0 Å². The number of hydrogen-bond donors (Lipinski definition) is 2. The quantitative estimate of drug-likeness (QED) is 0.721. The highest BCUT2D eigenvalue weighted by molar-refractivity contribution is 7.80. The molecule has 0 spiro atoms. The summed E-state index contributed by atoms with van der Waals surface area (Å²) in [7, 11) is 1.82. The Hall–Kier alpha value is -0.610. The average Bonchev–Trinajstić information content (AvgIpc) is 2.57. The number of nitrogens with one attached hydrogen (secondary N) is 2. The van der Waals surface area contributed by atoms with Crippen LogP contribution < -0.4 is 10.6 Å². The first kappa shape index (κ1) is 9.48. The summed E-state index contributed by atoms with van der Waals surface area (Å²) in [6.45, 7) is 0.899. The maximum Gasteiger partial charge on any atom is 0.166 e. The lowest BCUT2D eigenvalue weighted by atomic mass is 10.2. The van der Waals surface area contributed by atoms with Gasteiger partial charge in [0.15, 0.2) is 5.11 Å². The molecule has 0 aromatic carbocycles. The first-order chi connectivity index (χ1) is 5.83. The van der Waals surface area contributed by atoms with Gasteiger partial charge in [-0.3, -0.25) is 0 Å². The van der Waals surface area contributed by atoms with Crippen LogP contribution in [0.25, 0.3) is 0 Å². The van der Waals surface area contributed by atoms with Crippen LogP contribution in [0.4, 0.5) is 0 Å². The first-order valence-corrected chi connectivity index (χ1v) is 5.14. The van der Waals surface area contributed by atoms with Gasteiger partial charge in [-0.2, -0.15) is 11.3 Å². The Morgan fingerprint density at radius 2 is 2.50 bits per heavy atom. The van der Waals surface area contributed by atoms with Gasteiger partial charge in [0.25, 0.3) is 0 Å². The maximum atomic E-state index is 4.93. The van der Waals surface area contributed by atoms with E-state index in [1.54, 1.807) is 11.3 Å². The van der Waals surface area contributed by atoms with E-state index in [9.17, 15) is 0 Å². The summed E-state index contributed by atoms with van der Waals surface area (Å²) in [5.41, 5.74) is 1.37. The summed E-state index contributed by atoms with van der Waals surface area (Å²) in [6.07, 6.45) is 1.03. The monoisotopic (exact) mass is 200 g/mol. The van der Waals surface area contributed by atoms with Crippen LogP contribution in [0.5, 0.6) is 0 Å². The lowest BCUT2D eigenvalue weighted by Gasteiger charge is -2.04. The zero-order valence-corrected chi connectivity index (χ0v) is 8.60. The second-order valence-corrected chi connectivity index (χ2v) is 3.58. The minimum absolute atomic E-state index is 0.713. The molecule has 2 nitrogen and oxygen atoms in total. The normalized spacial score (nSPS) is 9.42. The third-order valence-corrected chi connectivity index (χ3v) is 2.59. The van der Waals surface area contributed by atoms with E-state index in [4.69, 9.17) is 12.2 Å². The van der Waals surface area contributed by atoms with Crippen LogP contribution in [-0.2, 0) is 6.42 Å². The molecule has 0 unspecified atom stereocenters. The molecular formula is C8H12N2S2. The molecule has 0 aliphatic rings. The van der Waals surface area contributed by atoms with E-state index in [0.717, 1.165) is 13.0 Å². The summed E-state index contributed by atoms with van der Waals surface area (Å²) >= 11 is 6.66. The fourth-order valence-corrected chi connectivity index (χ4v) is 1.65. The van der Waals surface area contributed by atoms with Crippen molar-refractivity contribution in [1.82, 2.24) is 10.6 Å². The van der Waals surface area contributed by atoms with Crippen molar-refractivity contribution in [2.24, 2.45) is 0 Å². The standard InChI is InChI=1S/C8H12N2S2/c1-9-8(11)10-4-2-7-3-5-12-6-7/h3,5-6H,2,4H2,1H3,(H2,9,10,11). The van der Waals surface area contributed by atoms with Crippen LogP contribution >= 0.6 is 23.6 Å². The van der Waals surface area contributed by atoms with Gasteiger partial charge in [-0.1, -0.05) is 0 Å². The van der Waals surface area contributed by atoms with Crippen molar-refractivity contribution in [3.63, 3.8) is 0 Å². The maximum absolute atomic E-state index is 4.93. The second kappa shape index (κ2) is 5.11. The smallest absolute Gasteiger partial charge is 0.166 e. The molecule has 1 heterocycles. The Morgan fingerprint density at radius 3 is 3.08 bits per heavy atom. The summed E-state index contributed by atoms with van der Waals surface area (Å²) in [5, 5.41) is 10.9. The summed E-state index contributed by atoms with van der Waals surface area (Å²) < 4.78 is 0. The number of hydrogen-bond acceptors (Lipinski definition) is 2. The van der Waals surface area contributed by atoms with Gasteiger partial charge in [0, 0.05) is 13.6 Å². The Bertz CT molecular complexity index is 231. The van der Waals surface area contributed by atoms with Crippen molar-refractivity contribution in [2.45, 2.75) is 6.42 Å². The van der Waals surface area contributed by atoms with Crippen molar-refractivity contribution in [3.8, 4) is 0 Å². The molecule has 0 aliphatic carbocycles. The van der Waals surface area contributed by atoms with Gasteiger partial charge >= 0.3 is 0 Å². The van der Waals surface area contributed by atoms with E-state index < -0.39 is 0 Å². The van der Waals surface area contributed by atoms with Crippen LogP contribution in [0.1, 0.15) is 5.56 Å². The van der Waals surface area contributed by atoms with Crippen molar-refractivity contribution in [2.75, 3.05) is 13.6 Å². The Kier molecular flexibility index (Phi) is 4.04. The first-order valence-electron chi connectivity index (χ1n) is 3.79. The molecule has 0 radical (unpaired) electrons. The molecule has 1 aromatic heterocycles. The molecule has 0 amide bonds. The predicted molar refractivity (Wildman–Crippen MR) is 57.7 cm³/mol. The molecular weight excluding hydrogens is 188 g/mol. The minimum Gasteiger partial charge on any atom is -0.366 e. The van der Waals surface area contributed by atoms with Gasteiger partial charge < -0.3 is 10.6 Å². The van der Waals surface area contributed by atoms with Gasteiger partial charge in [-0.05, 0) is 41.0 Å². The third-order valence-electron chi connectivity index (χ3n) is 1.51. The zero-order chi connectivity index (χ0) is 8.81. The third kappa shape index (κ3) is 3.19. The summed E-state index contributed by atoms with van der Waals surface area (Å²) in [4.78, 5) is 0. The fourth-order valence-electron chi connectivity index (χ4n) is 0.844. The molecule has 0 fully saturated rings. The molecule has 0 atom stereocenters. The highest BCUT2D eigenvalue weighted by atomic mass is 32.1. The van der Waals surface area contributed by atoms with E-state index in [-0.39, 0.29) is 0 Å². The molecule has 0 bridgehead atoms. The van der Waals surface area contributed by atoms with Crippen molar-refractivity contribution >= 4 is 28.7 Å². The largest absolute Gasteiger partial charge is 0.366 e. The number of thiocarbonyl (C=S) groups is 1. The molecule has 0 saturated carbocycles. The topological polar surface area (TPSA) is 24.1 Å². The lowest BCUT2D eigenvalue weighted by Crippen LogP contribution is -2.33. The molecule has 66 valence electrons. The van der Waals surface area contributed by atoms with Crippen molar-refractivity contribution < 1.29 is 0 Å². The zero-order valence-electron chi connectivity index (χ0n) is 6.96. The molecule has 4 heteroatoms. The number of rotatable bonds is 3. The van der Waals surface area contributed by atoms with Crippen LogP contribution in [-0.4, -0.2) is 18.7 Å². The lowest BCUT2D eigenvalue weighted by molar-refractivity contribution is 0.853. The Balaban J connectivity index is 2.15. The molecule has 0 saturated heterocycles. The predicted octanol–water partition coefficient (Wildman–Crippen LogP) is 1.38. The van der Waals surface area contributed by atoms with Gasteiger partial charge in [-0.25, -0.2) is 0 Å². The summed E-state index contributed by atoms with van der Waals surface area (Å²) in [6, 6.07) is 2.13. The van der Waals surface area contributed by atoms with Gasteiger partial charge in [0.2, 0.25) is 0 Å². The van der Waals surface area contributed by atoms with Crippen LogP contribution in [0.2, 0.25) is 0 Å². The average molecular weight is 200 g/mol. The van der Waals surface area contributed by atoms with Crippen molar-refractivity contribution in [3.05, 3.63) is 22.4 Å². The molecule has 1 rings (SSSR count). The van der Waals surface area contributed by atoms with Crippen LogP contribution in [0, 0.1) is 0 Å². The molecule has 1 aromatic rings. The summed E-state index contributed by atoms with van der Waals surface area (Å²) in [5.74, 6) is 0. The Labute approximate surface area is 82.0 Å². The molecule has 12 heavy (non-hydrogen) atoms. The van der Waals surface area contributed by atoms with Gasteiger partial charge in [0.05, 0.1) is 0 Å². The van der Waals surface area contributed by atoms with E-state index in [0.29, 0.717) is 5.11 Å². The van der Waals surface area contributed by atoms with E-state index in [2.05, 4.69) is 27.5 Å². The van der Waals surface area contributed by atoms with Crippen LogP contribution in [0.15, 0.2) is 16.8 Å². The van der Waals surface area contributed by atoms with E-state index in [1.807, 2.05) is 7.05 Å². The molecule has 2 N–H and O–H groups in total. The van der Waals surface area contributed by atoms with Crippen molar-refractivity contribution in [1.29, 1.82) is 0 Å². The van der Waals surface area contributed by atoms with E-state index in [1.165, 1.54) is 5.56 Å². The Morgan fingerprint density at radius 1 is 1.67 bits per heavy atom. The molecule has 0 aliphatic heterocycles. The van der Waals surface area contributed by atoms with Gasteiger partial charge in [-0.15, -0.1) is 0 Å². The van der Waals surface area contributed by atoms with E-state index >= 15 is 0 Å². The minimum atomic E-state index is 0.713. The highest BCUT2D eigenvalue weighted by Crippen LogP contribution is 2.05. The fraction of sp³-hybridized carbons (Fsp3) is 0.375. The number of thiophene rings is 1.